The van der Waals surface area contributed by atoms with Crippen LogP contribution in [-0.4, -0.2) is 31.1 Å². The molecule has 1 aliphatic rings. The molecule has 0 aliphatic carbocycles. The number of piperidine rings is 1. The summed E-state index contributed by atoms with van der Waals surface area (Å²) in [4.78, 5) is 2.54. The van der Waals surface area contributed by atoms with Gasteiger partial charge in [0.25, 0.3) is 0 Å². The first-order chi connectivity index (χ1) is 12.9. The molecule has 1 fully saturated rings. The number of likely N-dealkylation sites (tertiary alicyclic amines) is 1. The molecule has 2 nitrogen and oxygen atoms in total. The van der Waals surface area contributed by atoms with Crippen molar-refractivity contribution in [1.29, 1.82) is 0 Å². The van der Waals surface area contributed by atoms with Crippen molar-refractivity contribution < 1.29 is 4.74 Å². The summed E-state index contributed by atoms with van der Waals surface area (Å²) in [6, 6.07) is 25.7. The van der Waals surface area contributed by atoms with Crippen LogP contribution in [0.5, 0.6) is 5.75 Å². The lowest BCUT2D eigenvalue weighted by atomic mass is 9.90. The van der Waals surface area contributed by atoms with Crippen LogP contribution in [-0.2, 0) is 6.42 Å². The summed E-state index contributed by atoms with van der Waals surface area (Å²) < 4.78 is 6.00. The number of hydrogen-bond acceptors (Lipinski definition) is 2. The van der Waals surface area contributed by atoms with Gasteiger partial charge in [-0.3, -0.25) is 4.90 Å². The van der Waals surface area contributed by atoms with E-state index in [2.05, 4.69) is 77.7 Å². The van der Waals surface area contributed by atoms with Crippen LogP contribution in [0, 0.1) is 5.92 Å². The molecule has 0 aromatic heterocycles. The number of nitrogens with zero attached hydrogens (tertiary/aromatic N) is 1. The SMILES string of the molecule is c1ccc(CC2CCN(CCOc3ccc4ccccc4c3)CC2)cc1. The molecule has 4 rings (SSSR count). The van der Waals surface area contributed by atoms with Crippen LogP contribution in [0.3, 0.4) is 0 Å². The van der Waals surface area contributed by atoms with E-state index in [0.717, 1.165) is 24.8 Å². The summed E-state index contributed by atoms with van der Waals surface area (Å²) in [5, 5.41) is 2.51. The summed E-state index contributed by atoms with van der Waals surface area (Å²) >= 11 is 0. The van der Waals surface area contributed by atoms with E-state index >= 15 is 0 Å². The Morgan fingerprint density at radius 3 is 2.35 bits per heavy atom. The molecule has 0 unspecified atom stereocenters. The van der Waals surface area contributed by atoms with E-state index in [9.17, 15) is 0 Å². The second kappa shape index (κ2) is 8.37. The van der Waals surface area contributed by atoms with Crippen molar-refractivity contribution in [2.75, 3.05) is 26.2 Å². The largest absolute Gasteiger partial charge is 0.492 e. The molecule has 134 valence electrons. The molecule has 0 radical (unpaired) electrons. The molecule has 0 bridgehead atoms. The Kier molecular flexibility index (Phi) is 5.51. The van der Waals surface area contributed by atoms with Crippen molar-refractivity contribution in [2.24, 2.45) is 5.92 Å². The van der Waals surface area contributed by atoms with Crippen LogP contribution in [0.15, 0.2) is 72.8 Å². The molecule has 3 aromatic rings. The summed E-state index contributed by atoms with van der Waals surface area (Å²) in [5.41, 5.74) is 1.48. The minimum Gasteiger partial charge on any atom is -0.492 e. The van der Waals surface area contributed by atoms with Gasteiger partial charge in [0.2, 0.25) is 0 Å². The normalized spacial score (nSPS) is 16.0. The monoisotopic (exact) mass is 345 g/mol. The van der Waals surface area contributed by atoms with E-state index < -0.39 is 0 Å². The van der Waals surface area contributed by atoms with Crippen molar-refractivity contribution in [2.45, 2.75) is 19.3 Å². The number of ether oxygens (including phenoxy) is 1. The molecule has 0 N–H and O–H groups in total. The second-order valence-electron chi connectivity index (χ2n) is 7.33. The van der Waals surface area contributed by atoms with Crippen LogP contribution in [0.1, 0.15) is 18.4 Å². The van der Waals surface area contributed by atoms with Crippen molar-refractivity contribution in [3.05, 3.63) is 78.4 Å². The molecule has 0 atom stereocenters. The average Bonchev–Trinajstić information content (AvgIpc) is 2.70. The quantitative estimate of drug-likeness (QED) is 0.611. The number of hydrogen-bond donors (Lipinski definition) is 0. The van der Waals surface area contributed by atoms with Gasteiger partial charge in [-0.2, -0.15) is 0 Å². The van der Waals surface area contributed by atoms with Crippen LogP contribution < -0.4 is 4.74 Å². The fourth-order valence-electron chi connectivity index (χ4n) is 3.91. The van der Waals surface area contributed by atoms with E-state index in [1.54, 1.807) is 0 Å². The molecule has 26 heavy (non-hydrogen) atoms. The first-order valence-corrected chi connectivity index (χ1v) is 9.75. The lowest BCUT2D eigenvalue weighted by Gasteiger charge is -2.31. The highest BCUT2D eigenvalue weighted by molar-refractivity contribution is 5.83. The zero-order valence-electron chi connectivity index (χ0n) is 15.3. The summed E-state index contributed by atoms with van der Waals surface area (Å²) in [6.07, 6.45) is 3.82. The number of fused-ring (bicyclic) bond motifs is 1. The molecule has 0 spiro atoms. The van der Waals surface area contributed by atoms with Crippen molar-refractivity contribution >= 4 is 10.8 Å². The molecule has 3 aromatic carbocycles. The Bertz CT molecular complexity index is 822. The first-order valence-electron chi connectivity index (χ1n) is 9.75. The third-order valence-corrected chi connectivity index (χ3v) is 5.47. The highest BCUT2D eigenvalue weighted by atomic mass is 16.5. The van der Waals surface area contributed by atoms with Gasteiger partial charge >= 0.3 is 0 Å². The van der Waals surface area contributed by atoms with Crippen molar-refractivity contribution in [3.63, 3.8) is 0 Å². The van der Waals surface area contributed by atoms with E-state index in [0.29, 0.717) is 0 Å². The second-order valence-corrected chi connectivity index (χ2v) is 7.33. The molecular weight excluding hydrogens is 318 g/mol. The van der Waals surface area contributed by atoms with E-state index in [1.165, 1.54) is 48.7 Å². The van der Waals surface area contributed by atoms with Crippen LogP contribution in [0.4, 0.5) is 0 Å². The molecule has 2 heteroatoms. The van der Waals surface area contributed by atoms with E-state index in [4.69, 9.17) is 4.74 Å². The fourth-order valence-corrected chi connectivity index (χ4v) is 3.91. The molecule has 1 aliphatic heterocycles. The van der Waals surface area contributed by atoms with Gasteiger partial charge in [-0.1, -0.05) is 60.7 Å². The highest BCUT2D eigenvalue weighted by Crippen LogP contribution is 2.22. The fraction of sp³-hybridized carbons (Fsp3) is 0.333. The van der Waals surface area contributed by atoms with Gasteiger partial charge in [-0.05, 0) is 66.7 Å². The first kappa shape index (κ1) is 17.1. The van der Waals surface area contributed by atoms with Crippen LogP contribution in [0.2, 0.25) is 0 Å². The van der Waals surface area contributed by atoms with Gasteiger partial charge in [0.1, 0.15) is 12.4 Å². The van der Waals surface area contributed by atoms with Gasteiger partial charge in [-0.25, -0.2) is 0 Å². The topological polar surface area (TPSA) is 12.5 Å². The number of benzene rings is 3. The summed E-state index contributed by atoms with van der Waals surface area (Å²) in [5.74, 6) is 1.80. The summed E-state index contributed by atoms with van der Waals surface area (Å²) in [6.45, 7) is 4.17. The van der Waals surface area contributed by atoms with Crippen LogP contribution in [0.25, 0.3) is 10.8 Å². The van der Waals surface area contributed by atoms with Gasteiger partial charge < -0.3 is 4.74 Å². The van der Waals surface area contributed by atoms with Gasteiger partial charge in [0, 0.05) is 6.54 Å². The highest BCUT2D eigenvalue weighted by Gasteiger charge is 2.19. The van der Waals surface area contributed by atoms with Gasteiger partial charge in [0.15, 0.2) is 0 Å². The third-order valence-electron chi connectivity index (χ3n) is 5.47. The standard InChI is InChI=1S/C24H27NO/c1-2-6-20(7-3-1)18-21-12-14-25(15-13-21)16-17-26-24-11-10-22-8-4-5-9-23(22)19-24/h1-11,19,21H,12-18H2. The van der Waals surface area contributed by atoms with Gasteiger partial charge in [-0.15, -0.1) is 0 Å². The maximum Gasteiger partial charge on any atom is 0.120 e. The van der Waals surface area contributed by atoms with Gasteiger partial charge in [0.05, 0.1) is 0 Å². The summed E-state index contributed by atoms with van der Waals surface area (Å²) in [7, 11) is 0. The third kappa shape index (κ3) is 4.44. The van der Waals surface area contributed by atoms with Crippen molar-refractivity contribution in [1.82, 2.24) is 4.90 Å². The minimum atomic E-state index is 0.766. The smallest absolute Gasteiger partial charge is 0.120 e. The maximum absolute atomic E-state index is 6.00. The molecule has 1 heterocycles. The number of rotatable bonds is 6. The maximum atomic E-state index is 6.00. The zero-order valence-corrected chi connectivity index (χ0v) is 15.3. The Morgan fingerprint density at radius 2 is 1.54 bits per heavy atom. The lowest BCUT2D eigenvalue weighted by molar-refractivity contribution is 0.155. The molecule has 1 saturated heterocycles. The Hall–Kier alpha value is -2.32. The average molecular weight is 345 g/mol. The predicted octanol–water partition coefficient (Wildman–Crippen LogP) is 5.17. The predicted molar refractivity (Wildman–Crippen MR) is 109 cm³/mol. The Morgan fingerprint density at radius 1 is 0.808 bits per heavy atom. The van der Waals surface area contributed by atoms with Crippen molar-refractivity contribution in [3.8, 4) is 5.75 Å². The molecule has 0 saturated carbocycles. The Balaban J connectivity index is 1.21. The van der Waals surface area contributed by atoms with Crippen LogP contribution >= 0.6 is 0 Å². The Labute approximate surface area is 156 Å². The van der Waals surface area contributed by atoms with E-state index in [1.807, 2.05) is 0 Å². The lowest BCUT2D eigenvalue weighted by Crippen LogP contribution is -2.37. The molecule has 0 amide bonds. The molecular formula is C24H27NO. The minimum absolute atomic E-state index is 0.766. The van der Waals surface area contributed by atoms with E-state index in [-0.39, 0.29) is 0 Å². The zero-order chi connectivity index (χ0) is 17.6.